The summed E-state index contributed by atoms with van der Waals surface area (Å²) < 4.78 is 59.5. The first kappa shape index (κ1) is 20.9. The van der Waals surface area contributed by atoms with Crippen LogP contribution in [0.25, 0.3) is 0 Å². The second kappa shape index (κ2) is 8.30. The van der Waals surface area contributed by atoms with Gasteiger partial charge >= 0.3 is 6.18 Å². The van der Waals surface area contributed by atoms with Gasteiger partial charge in [0.2, 0.25) is 5.75 Å². The smallest absolute Gasteiger partial charge is 0.416 e. The van der Waals surface area contributed by atoms with E-state index in [2.05, 4.69) is 5.32 Å². The van der Waals surface area contributed by atoms with E-state index in [1.165, 1.54) is 45.6 Å². The fraction of sp³-hybridized carbons (Fsp3) is 0.350. The SMILES string of the molecule is COc1cc(C(=O)C2COC(c3ccc(C(F)(F)F)cc3)N2)cc(OC)c1OC. The zero-order valence-electron chi connectivity index (χ0n) is 16.0. The molecular weight excluding hydrogens is 391 g/mol. The average molecular weight is 411 g/mol. The minimum Gasteiger partial charge on any atom is -0.493 e. The van der Waals surface area contributed by atoms with Crippen molar-refractivity contribution in [2.24, 2.45) is 0 Å². The Balaban J connectivity index is 1.77. The molecule has 9 heteroatoms. The molecule has 1 aliphatic rings. The van der Waals surface area contributed by atoms with Crippen LogP contribution in [-0.4, -0.2) is 39.8 Å². The molecule has 6 nitrogen and oxygen atoms in total. The number of halogens is 3. The van der Waals surface area contributed by atoms with Gasteiger partial charge in [-0.25, -0.2) is 0 Å². The molecule has 0 radical (unpaired) electrons. The number of ketones is 1. The standard InChI is InChI=1S/C20H20F3NO5/c1-26-15-8-12(9-16(27-2)18(15)28-3)17(25)14-10-29-19(24-14)11-4-6-13(7-5-11)20(21,22)23/h4-9,14,19,24H,10H2,1-3H3. The van der Waals surface area contributed by atoms with E-state index in [0.717, 1.165) is 12.1 Å². The second-order valence-corrected chi connectivity index (χ2v) is 6.33. The Morgan fingerprint density at radius 3 is 2.10 bits per heavy atom. The number of carbonyl (C=O) groups excluding carboxylic acids is 1. The number of carbonyl (C=O) groups is 1. The molecule has 2 aromatic carbocycles. The minimum atomic E-state index is -4.41. The van der Waals surface area contributed by atoms with Crippen molar-refractivity contribution in [2.75, 3.05) is 27.9 Å². The summed E-state index contributed by atoms with van der Waals surface area (Å²) in [5.74, 6) is 0.783. The van der Waals surface area contributed by atoms with Crippen molar-refractivity contribution in [3.63, 3.8) is 0 Å². The summed E-state index contributed by atoms with van der Waals surface area (Å²) in [5, 5.41) is 3.00. The van der Waals surface area contributed by atoms with Gasteiger partial charge < -0.3 is 18.9 Å². The molecule has 0 aromatic heterocycles. The maximum atomic E-state index is 12.9. The molecule has 156 valence electrons. The van der Waals surface area contributed by atoms with E-state index in [9.17, 15) is 18.0 Å². The molecule has 0 amide bonds. The Kier molecular flexibility index (Phi) is 5.99. The highest BCUT2D eigenvalue weighted by atomic mass is 19.4. The summed E-state index contributed by atoms with van der Waals surface area (Å²) in [6.45, 7) is 0.0706. The molecule has 0 saturated carbocycles. The summed E-state index contributed by atoms with van der Waals surface area (Å²) in [5.41, 5.74) is 0.0798. The normalized spacial score (nSPS) is 19.1. The summed E-state index contributed by atoms with van der Waals surface area (Å²) in [4.78, 5) is 12.9. The Bertz CT molecular complexity index is 858. The Morgan fingerprint density at radius 2 is 1.62 bits per heavy atom. The third kappa shape index (κ3) is 4.30. The number of hydrogen-bond acceptors (Lipinski definition) is 6. The van der Waals surface area contributed by atoms with Gasteiger partial charge in [0.1, 0.15) is 6.23 Å². The van der Waals surface area contributed by atoms with E-state index >= 15 is 0 Å². The van der Waals surface area contributed by atoms with Gasteiger partial charge in [0.05, 0.1) is 39.5 Å². The van der Waals surface area contributed by atoms with E-state index < -0.39 is 24.0 Å². The van der Waals surface area contributed by atoms with Crippen molar-refractivity contribution < 1.29 is 36.9 Å². The number of benzene rings is 2. The van der Waals surface area contributed by atoms with Crippen LogP contribution in [0, 0.1) is 0 Å². The van der Waals surface area contributed by atoms with Crippen LogP contribution in [0.1, 0.15) is 27.7 Å². The van der Waals surface area contributed by atoms with Crippen LogP contribution in [0.4, 0.5) is 13.2 Å². The van der Waals surface area contributed by atoms with Crippen molar-refractivity contribution in [1.82, 2.24) is 5.32 Å². The van der Waals surface area contributed by atoms with Crippen LogP contribution in [0.3, 0.4) is 0 Å². The summed E-state index contributed by atoms with van der Waals surface area (Å²) >= 11 is 0. The number of Topliss-reactive ketones (excluding diaryl/α,β-unsaturated/α-hetero) is 1. The van der Waals surface area contributed by atoms with Gasteiger partial charge in [-0.15, -0.1) is 0 Å². The van der Waals surface area contributed by atoms with E-state index in [1.54, 1.807) is 0 Å². The van der Waals surface area contributed by atoms with Crippen molar-refractivity contribution in [3.8, 4) is 17.2 Å². The van der Waals surface area contributed by atoms with E-state index in [-0.39, 0.29) is 12.4 Å². The first-order valence-electron chi connectivity index (χ1n) is 8.67. The van der Waals surface area contributed by atoms with Gasteiger partial charge in [-0.1, -0.05) is 12.1 Å². The Morgan fingerprint density at radius 1 is 1.03 bits per heavy atom. The van der Waals surface area contributed by atoms with Crippen LogP contribution in [0.5, 0.6) is 17.2 Å². The third-order valence-electron chi connectivity index (χ3n) is 4.59. The first-order chi connectivity index (χ1) is 13.8. The predicted molar refractivity (Wildman–Crippen MR) is 97.5 cm³/mol. The summed E-state index contributed by atoms with van der Waals surface area (Å²) in [6.07, 6.45) is -5.10. The summed E-state index contributed by atoms with van der Waals surface area (Å²) in [7, 11) is 4.36. The molecule has 2 aromatic rings. The van der Waals surface area contributed by atoms with Crippen LogP contribution in [0.2, 0.25) is 0 Å². The van der Waals surface area contributed by atoms with E-state index in [1.807, 2.05) is 0 Å². The van der Waals surface area contributed by atoms with E-state index in [0.29, 0.717) is 28.4 Å². The fourth-order valence-electron chi connectivity index (χ4n) is 3.09. The van der Waals surface area contributed by atoms with Gasteiger partial charge in [0.25, 0.3) is 0 Å². The zero-order valence-corrected chi connectivity index (χ0v) is 16.0. The lowest BCUT2D eigenvalue weighted by atomic mass is 10.0. The average Bonchev–Trinajstić information content (AvgIpc) is 3.21. The zero-order chi connectivity index (χ0) is 21.2. The molecule has 1 aliphatic heterocycles. The van der Waals surface area contributed by atoms with Crippen molar-refractivity contribution in [2.45, 2.75) is 18.4 Å². The molecular formula is C20H20F3NO5. The molecule has 0 aliphatic carbocycles. The maximum Gasteiger partial charge on any atom is 0.416 e. The lowest BCUT2D eigenvalue weighted by Crippen LogP contribution is -2.34. The second-order valence-electron chi connectivity index (χ2n) is 6.33. The highest BCUT2D eigenvalue weighted by molar-refractivity contribution is 6.01. The lowest BCUT2D eigenvalue weighted by Gasteiger charge is -2.16. The number of hydrogen-bond donors (Lipinski definition) is 1. The van der Waals surface area contributed by atoms with Crippen LogP contribution >= 0.6 is 0 Å². The van der Waals surface area contributed by atoms with Gasteiger partial charge in [-0.3, -0.25) is 10.1 Å². The first-order valence-corrected chi connectivity index (χ1v) is 8.67. The molecule has 0 bridgehead atoms. The van der Waals surface area contributed by atoms with Crippen molar-refractivity contribution in [3.05, 3.63) is 53.1 Å². The van der Waals surface area contributed by atoms with Crippen LogP contribution < -0.4 is 19.5 Å². The predicted octanol–water partition coefficient (Wildman–Crippen LogP) is 3.60. The number of nitrogens with one attached hydrogen (secondary N) is 1. The third-order valence-corrected chi connectivity index (χ3v) is 4.59. The molecule has 1 saturated heterocycles. The van der Waals surface area contributed by atoms with Gasteiger partial charge in [-0.05, 0) is 29.8 Å². The van der Waals surface area contributed by atoms with Crippen molar-refractivity contribution in [1.29, 1.82) is 0 Å². The molecule has 2 atom stereocenters. The Labute approximate surface area is 165 Å². The topological polar surface area (TPSA) is 66.0 Å². The maximum absolute atomic E-state index is 12.9. The molecule has 0 spiro atoms. The van der Waals surface area contributed by atoms with Gasteiger partial charge in [0.15, 0.2) is 17.3 Å². The van der Waals surface area contributed by atoms with Crippen LogP contribution in [-0.2, 0) is 10.9 Å². The quantitative estimate of drug-likeness (QED) is 0.733. The molecule has 2 unspecified atom stereocenters. The largest absolute Gasteiger partial charge is 0.493 e. The number of ether oxygens (including phenoxy) is 4. The highest BCUT2D eigenvalue weighted by Crippen LogP contribution is 2.39. The van der Waals surface area contributed by atoms with Crippen LogP contribution in [0.15, 0.2) is 36.4 Å². The highest BCUT2D eigenvalue weighted by Gasteiger charge is 2.34. The molecule has 1 heterocycles. The molecule has 29 heavy (non-hydrogen) atoms. The van der Waals surface area contributed by atoms with Gasteiger partial charge in [0, 0.05) is 5.56 Å². The number of alkyl halides is 3. The van der Waals surface area contributed by atoms with E-state index in [4.69, 9.17) is 18.9 Å². The number of rotatable bonds is 6. The number of methoxy groups -OCH3 is 3. The van der Waals surface area contributed by atoms with Crippen molar-refractivity contribution >= 4 is 5.78 Å². The monoisotopic (exact) mass is 411 g/mol. The molecule has 1 N–H and O–H groups in total. The van der Waals surface area contributed by atoms with Gasteiger partial charge in [-0.2, -0.15) is 13.2 Å². The minimum absolute atomic E-state index is 0.0706. The molecule has 3 rings (SSSR count). The fourth-order valence-corrected chi connectivity index (χ4v) is 3.09. The molecule has 1 fully saturated rings. The summed E-state index contributed by atoms with van der Waals surface area (Å²) in [6, 6.07) is 7.02. The lowest BCUT2D eigenvalue weighted by molar-refractivity contribution is -0.137. The Hall–Kier alpha value is -2.78.